The number of methoxy groups -OCH3 is 1. The Morgan fingerprint density at radius 2 is 1.69 bits per heavy atom. The van der Waals surface area contributed by atoms with Crippen LogP contribution in [0.4, 0.5) is 11.4 Å². The highest BCUT2D eigenvalue weighted by Crippen LogP contribution is 2.30. The maximum absolute atomic E-state index is 12.8. The minimum Gasteiger partial charge on any atom is -0.495 e. The third kappa shape index (κ3) is 3.78. The minimum absolute atomic E-state index is 0.142. The Balaban J connectivity index is 1.98. The van der Waals surface area contributed by atoms with Crippen molar-refractivity contribution in [2.75, 3.05) is 17.1 Å². The van der Waals surface area contributed by atoms with Crippen LogP contribution in [0.3, 0.4) is 0 Å². The molecule has 0 bridgehead atoms. The highest BCUT2D eigenvalue weighted by atomic mass is 32.2. The van der Waals surface area contributed by atoms with Gasteiger partial charge in [0.15, 0.2) is 0 Å². The number of hydrogen-bond donors (Lipinski definition) is 2. The molecule has 0 fully saturated rings. The first-order valence-electron chi connectivity index (χ1n) is 7.86. The molecule has 6 nitrogen and oxygen atoms in total. The quantitative estimate of drug-likeness (QED) is 0.719. The zero-order chi connectivity index (χ0) is 18.7. The Kier molecular flexibility index (Phi) is 4.81. The number of benzene rings is 3. The van der Waals surface area contributed by atoms with Gasteiger partial charge in [0.1, 0.15) is 5.75 Å². The Bertz CT molecular complexity index is 1080. The molecule has 0 spiro atoms. The number of rotatable bonds is 5. The van der Waals surface area contributed by atoms with Crippen molar-refractivity contribution in [3.8, 4) is 5.75 Å². The molecule has 0 saturated heterocycles. The van der Waals surface area contributed by atoms with E-state index in [9.17, 15) is 13.2 Å². The maximum atomic E-state index is 12.8. The van der Waals surface area contributed by atoms with Gasteiger partial charge >= 0.3 is 0 Å². The predicted molar refractivity (Wildman–Crippen MR) is 102 cm³/mol. The van der Waals surface area contributed by atoms with E-state index in [2.05, 4.69) is 10.0 Å². The van der Waals surface area contributed by atoms with Crippen LogP contribution in [-0.2, 0) is 14.8 Å². The van der Waals surface area contributed by atoms with E-state index in [1.54, 1.807) is 30.3 Å². The lowest BCUT2D eigenvalue weighted by molar-refractivity contribution is -0.114. The van der Waals surface area contributed by atoms with Crippen LogP contribution in [0.1, 0.15) is 6.92 Å². The molecule has 1 amide bonds. The van der Waals surface area contributed by atoms with Gasteiger partial charge in [-0.15, -0.1) is 0 Å². The lowest BCUT2D eigenvalue weighted by Crippen LogP contribution is -2.14. The summed E-state index contributed by atoms with van der Waals surface area (Å²) < 4.78 is 33.3. The first-order chi connectivity index (χ1) is 12.4. The van der Waals surface area contributed by atoms with Crippen LogP contribution < -0.4 is 14.8 Å². The van der Waals surface area contributed by atoms with Gasteiger partial charge in [0.2, 0.25) is 5.91 Å². The number of hydrogen-bond acceptors (Lipinski definition) is 4. The van der Waals surface area contributed by atoms with Gasteiger partial charge < -0.3 is 10.1 Å². The zero-order valence-electron chi connectivity index (χ0n) is 14.3. The Morgan fingerprint density at radius 1 is 0.962 bits per heavy atom. The summed E-state index contributed by atoms with van der Waals surface area (Å²) in [4.78, 5) is 11.4. The minimum atomic E-state index is -3.83. The smallest absolute Gasteiger partial charge is 0.262 e. The van der Waals surface area contributed by atoms with Crippen molar-refractivity contribution in [3.63, 3.8) is 0 Å². The maximum Gasteiger partial charge on any atom is 0.262 e. The molecule has 26 heavy (non-hydrogen) atoms. The molecule has 0 aliphatic heterocycles. The second-order valence-electron chi connectivity index (χ2n) is 5.71. The average Bonchev–Trinajstić information content (AvgIpc) is 2.61. The molecule has 7 heteroatoms. The van der Waals surface area contributed by atoms with Gasteiger partial charge in [0.05, 0.1) is 17.7 Å². The van der Waals surface area contributed by atoms with Gasteiger partial charge in [-0.1, -0.05) is 30.3 Å². The molecule has 0 atom stereocenters. The van der Waals surface area contributed by atoms with Crippen molar-refractivity contribution in [1.29, 1.82) is 0 Å². The van der Waals surface area contributed by atoms with Crippen molar-refractivity contribution in [3.05, 3.63) is 60.7 Å². The molecule has 3 aromatic rings. The van der Waals surface area contributed by atoms with E-state index in [0.29, 0.717) is 11.4 Å². The third-order valence-corrected chi connectivity index (χ3v) is 5.16. The van der Waals surface area contributed by atoms with Crippen LogP contribution in [0, 0.1) is 0 Å². The van der Waals surface area contributed by atoms with Crippen LogP contribution in [0.2, 0.25) is 0 Å². The molecule has 0 aromatic heterocycles. The number of carbonyl (C=O) groups is 1. The highest BCUT2D eigenvalue weighted by molar-refractivity contribution is 7.92. The summed E-state index contributed by atoms with van der Waals surface area (Å²) in [5.74, 6) is 0.0990. The molecule has 0 saturated carbocycles. The SMILES string of the molecule is COc1ccc(NC(C)=O)cc1NS(=O)(=O)c1ccc2ccccc2c1. The highest BCUT2D eigenvalue weighted by Gasteiger charge is 2.17. The van der Waals surface area contributed by atoms with Crippen molar-refractivity contribution in [2.24, 2.45) is 0 Å². The molecular weight excluding hydrogens is 352 g/mol. The summed E-state index contributed by atoms with van der Waals surface area (Å²) >= 11 is 0. The van der Waals surface area contributed by atoms with E-state index in [4.69, 9.17) is 4.74 Å². The molecular formula is C19H18N2O4S. The molecule has 0 aliphatic carbocycles. The van der Waals surface area contributed by atoms with Gasteiger partial charge in [0.25, 0.3) is 10.0 Å². The topological polar surface area (TPSA) is 84.5 Å². The lowest BCUT2D eigenvalue weighted by Gasteiger charge is -2.14. The van der Waals surface area contributed by atoms with Crippen LogP contribution >= 0.6 is 0 Å². The fourth-order valence-corrected chi connectivity index (χ4v) is 3.70. The first-order valence-corrected chi connectivity index (χ1v) is 9.34. The Morgan fingerprint density at radius 3 is 2.38 bits per heavy atom. The summed E-state index contributed by atoms with van der Waals surface area (Å²) in [6.07, 6.45) is 0. The van der Waals surface area contributed by atoms with Gasteiger partial charge in [-0.05, 0) is 41.1 Å². The molecule has 3 aromatic carbocycles. The Hall–Kier alpha value is -3.06. The van der Waals surface area contributed by atoms with E-state index in [1.165, 1.54) is 20.1 Å². The van der Waals surface area contributed by atoms with Gasteiger partial charge in [-0.2, -0.15) is 0 Å². The number of sulfonamides is 1. The van der Waals surface area contributed by atoms with Crippen molar-refractivity contribution >= 4 is 38.1 Å². The van der Waals surface area contributed by atoms with Crippen LogP contribution in [0.15, 0.2) is 65.6 Å². The monoisotopic (exact) mass is 370 g/mol. The average molecular weight is 370 g/mol. The van der Waals surface area contributed by atoms with E-state index in [1.807, 2.05) is 24.3 Å². The molecule has 0 aliphatic rings. The number of anilines is 2. The third-order valence-electron chi connectivity index (χ3n) is 3.80. The van der Waals surface area contributed by atoms with E-state index in [-0.39, 0.29) is 16.5 Å². The number of ether oxygens (including phenoxy) is 1. The summed E-state index contributed by atoms with van der Waals surface area (Å²) in [6, 6.07) is 17.2. The van der Waals surface area contributed by atoms with Crippen molar-refractivity contribution < 1.29 is 17.9 Å². The zero-order valence-corrected chi connectivity index (χ0v) is 15.1. The largest absolute Gasteiger partial charge is 0.495 e. The second-order valence-corrected chi connectivity index (χ2v) is 7.39. The van der Waals surface area contributed by atoms with Crippen LogP contribution in [-0.4, -0.2) is 21.4 Å². The summed E-state index contributed by atoms with van der Waals surface area (Å²) in [5, 5.41) is 4.40. The first kappa shape index (κ1) is 17.8. The number of amides is 1. The molecule has 3 rings (SSSR count). The summed E-state index contributed by atoms with van der Waals surface area (Å²) in [5.41, 5.74) is 0.710. The normalized spacial score (nSPS) is 11.2. The van der Waals surface area contributed by atoms with Gasteiger partial charge in [-0.25, -0.2) is 8.42 Å². The van der Waals surface area contributed by atoms with Gasteiger partial charge in [0, 0.05) is 12.6 Å². The van der Waals surface area contributed by atoms with Crippen molar-refractivity contribution in [2.45, 2.75) is 11.8 Å². The van der Waals surface area contributed by atoms with E-state index >= 15 is 0 Å². The molecule has 0 radical (unpaired) electrons. The fraction of sp³-hybridized carbons (Fsp3) is 0.105. The number of fused-ring (bicyclic) bond motifs is 1. The second kappa shape index (κ2) is 7.05. The lowest BCUT2D eigenvalue weighted by atomic mass is 10.1. The molecule has 134 valence electrons. The van der Waals surface area contributed by atoms with Crippen LogP contribution in [0.5, 0.6) is 5.75 Å². The van der Waals surface area contributed by atoms with E-state index in [0.717, 1.165) is 10.8 Å². The standard InChI is InChI=1S/C19H18N2O4S/c1-13(22)20-16-8-10-19(25-2)18(12-16)21-26(23,24)17-9-7-14-5-3-4-6-15(14)11-17/h3-12,21H,1-2H3,(H,20,22). The predicted octanol–water partition coefficient (Wildman–Crippen LogP) is 3.61. The fourth-order valence-electron chi connectivity index (χ4n) is 2.61. The Labute approximate surface area is 151 Å². The van der Waals surface area contributed by atoms with Crippen molar-refractivity contribution in [1.82, 2.24) is 0 Å². The van der Waals surface area contributed by atoms with E-state index < -0.39 is 10.0 Å². The van der Waals surface area contributed by atoms with Crippen LogP contribution in [0.25, 0.3) is 10.8 Å². The van der Waals surface area contributed by atoms with Gasteiger partial charge in [-0.3, -0.25) is 9.52 Å². The molecule has 0 heterocycles. The molecule has 2 N–H and O–H groups in total. The summed E-state index contributed by atoms with van der Waals surface area (Å²) in [7, 11) is -2.38. The summed E-state index contributed by atoms with van der Waals surface area (Å²) in [6.45, 7) is 1.38. The number of carbonyl (C=O) groups excluding carboxylic acids is 1. The molecule has 0 unspecified atom stereocenters. The number of nitrogens with one attached hydrogen (secondary N) is 2.